The standard InChI is InChI=1S/C12H14N4OS2/c1-7-3-4-8(2)9(5-7)14-10(17)6-18-12-16-15-11(13)19-12/h3-5H,6H2,1-2H3,(H2,13,15)(H,14,17). The maximum atomic E-state index is 11.8. The zero-order valence-corrected chi connectivity index (χ0v) is 12.3. The fourth-order valence-corrected chi connectivity index (χ4v) is 2.90. The molecule has 5 nitrogen and oxygen atoms in total. The first-order valence-electron chi connectivity index (χ1n) is 5.63. The van der Waals surface area contributed by atoms with Crippen LogP contribution in [0, 0.1) is 13.8 Å². The lowest BCUT2D eigenvalue weighted by Crippen LogP contribution is -2.14. The number of rotatable bonds is 4. The average Bonchev–Trinajstić information content (AvgIpc) is 2.77. The van der Waals surface area contributed by atoms with Crippen LogP contribution in [0.2, 0.25) is 0 Å². The highest BCUT2D eigenvalue weighted by atomic mass is 32.2. The van der Waals surface area contributed by atoms with E-state index in [1.165, 1.54) is 23.1 Å². The molecule has 19 heavy (non-hydrogen) atoms. The largest absolute Gasteiger partial charge is 0.374 e. The summed E-state index contributed by atoms with van der Waals surface area (Å²) in [7, 11) is 0. The van der Waals surface area contributed by atoms with Crippen molar-refractivity contribution >= 4 is 39.8 Å². The molecule has 0 bridgehead atoms. The number of thioether (sulfide) groups is 1. The van der Waals surface area contributed by atoms with Gasteiger partial charge >= 0.3 is 0 Å². The molecule has 1 aromatic heterocycles. The van der Waals surface area contributed by atoms with Crippen molar-refractivity contribution in [2.75, 3.05) is 16.8 Å². The van der Waals surface area contributed by atoms with Gasteiger partial charge < -0.3 is 11.1 Å². The van der Waals surface area contributed by atoms with E-state index in [1.54, 1.807) is 0 Å². The summed E-state index contributed by atoms with van der Waals surface area (Å²) in [5, 5.41) is 10.9. The number of hydrogen-bond acceptors (Lipinski definition) is 6. The molecular formula is C12H14N4OS2. The zero-order valence-electron chi connectivity index (χ0n) is 10.6. The number of nitrogens with one attached hydrogen (secondary N) is 1. The number of aryl methyl sites for hydroxylation is 2. The van der Waals surface area contributed by atoms with Crippen LogP contribution in [0.4, 0.5) is 10.8 Å². The van der Waals surface area contributed by atoms with E-state index in [2.05, 4.69) is 15.5 Å². The third kappa shape index (κ3) is 3.93. The maximum absolute atomic E-state index is 11.8. The van der Waals surface area contributed by atoms with Crippen molar-refractivity contribution in [2.24, 2.45) is 0 Å². The van der Waals surface area contributed by atoms with Gasteiger partial charge in [-0.15, -0.1) is 10.2 Å². The first-order chi connectivity index (χ1) is 9.04. The third-order valence-electron chi connectivity index (χ3n) is 2.42. The van der Waals surface area contributed by atoms with Crippen LogP contribution in [-0.2, 0) is 4.79 Å². The van der Waals surface area contributed by atoms with Gasteiger partial charge in [0.15, 0.2) is 4.34 Å². The molecule has 0 saturated heterocycles. The van der Waals surface area contributed by atoms with Crippen molar-refractivity contribution in [3.8, 4) is 0 Å². The molecule has 0 aliphatic rings. The van der Waals surface area contributed by atoms with E-state index in [1.807, 2.05) is 32.0 Å². The zero-order chi connectivity index (χ0) is 13.8. The molecule has 0 spiro atoms. The summed E-state index contributed by atoms with van der Waals surface area (Å²) in [4.78, 5) is 11.8. The Labute approximate surface area is 119 Å². The molecule has 1 amide bonds. The normalized spacial score (nSPS) is 10.4. The summed E-state index contributed by atoms with van der Waals surface area (Å²) < 4.78 is 0.702. The van der Waals surface area contributed by atoms with Crippen LogP contribution in [0.3, 0.4) is 0 Å². The van der Waals surface area contributed by atoms with Crippen molar-refractivity contribution in [1.29, 1.82) is 0 Å². The lowest BCUT2D eigenvalue weighted by atomic mass is 10.1. The lowest BCUT2D eigenvalue weighted by molar-refractivity contribution is -0.113. The average molecular weight is 294 g/mol. The second-order valence-corrected chi connectivity index (χ2v) is 6.29. The van der Waals surface area contributed by atoms with Gasteiger partial charge in [-0.3, -0.25) is 4.79 Å². The van der Waals surface area contributed by atoms with E-state index in [4.69, 9.17) is 5.73 Å². The van der Waals surface area contributed by atoms with E-state index in [-0.39, 0.29) is 5.91 Å². The van der Waals surface area contributed by atoms with Gasteiger partial charge in [0.05, 0.1) is 5.75 Å². The highest BCUT2D eigenvalue weighted by Gasteiger charge is 2.08. The van der Waals surface area contributed by atoms with Crippen molar-refractivity contribution in [3.63, 3.8) is 0 Å². The Morgan fingerprint density at radius 2 is 2.21 bits per heavy atom. The van der Waals surface area contributed by atoms with Gasteiger partial charge in [0, 0.05) is 5.69 Å². The van der Waals surface area contributed by atoms with Crippen molar-refractivity contribution in [3.05, 3.63) is 29.3 Å². The number of benzene rings is 1. The van der Waals surface area contributed by atoms with Gasteiger partial charge in [0.2, 0.25) is 11.0 Å². The van der Waals surface area contributed by atoms with Gasteiger partial charge in [-0.05, 0) is 31.0 Å². The van der Waals surface area contributed by atoms with E-state index >= 15 is 0 Å². The molecule has 1 aromatic carbocycles. The predicted octanol–water partition coefficient (Wildman–Crippen LogP) is 2.47. The molecule has 0 saturated carbocycles. The first kappa shape index (κ1) is 13.8. The second kappa shape index (κ2) is 6.03. The summed E-state index contributed by atoms with van der Waals surface area (Å²) in [5.41, 5.74) is 8.49. The fourth-order valence-electron chi connectivity index (χ4n) is 1.46. The van der Waals surface area contributed by atoms with Gasteiger partial charge in [0.1, 0.15) is 0 Å². The molecule has 2 aromatic rings. The molecule has 0 unspecified atom stereocenters. The third-order valence-corrected chi connectivity index (χ3v) is 4.30. The Morgan fingerprint density at radius 1 is 1.42 bits per heavy atom. The van der Waals surface area contributed by atoms with Gasteiger partial charge in [0.25, 0.3) is 0 Å². The summed E-state index contributed by atoms with van der Waals surface area (Å²) in [6.07, 6.45) is 0. The van der Waals surface area contributed by atoms with Gasteiger partial charge in [-0.25, -0.2) is 0 Å². The molecule has 7 heteroatoms. The van der Waals surface area contributed by atoms with E-state index in [0.717, 1.165) is 16.8 Å². The van der Waals surface area contributed by atoms with E-state index in [0.29, 0.717) is 15.2 Å². The maximum Gasteiger partial charge on any atom is 0.234 e. The number of nitrogens with two attached hydrogens (primary N) is 1. The van der Waals surface area contributed by atoms with Crippen LogP contribution in [0.5, 0.6) is 0 Å². The Balaban J connectivity index is 1.92. The number of carbonyl (C=O) groups excluding carboxylic acids is 1. The molecule has 0 radical (unpaired) electrons. The van der Waals surface area contributed by atoms with Crippen LogP contribution >= 0.6 is 23.1 Å². The Hall–Kier alpha value is -1.60. The highest BCUT2D eigenvalue weighted by Crippen LogP contribution is 2.24. The number of hydrogen-bond donors (Lipinski definition) is 2. The SMILES string of the molecule is Cc1ccc(C)c(NC(=O)CSc2nnc(N)s2)c1. The number of aromatic nitrogens is 2. The quantitative estimate of drug-likeness (QED) is 0.847. The molecule has 3 N–H and O–H groups in total. The molecular weight excluding hydrogens is 280 g/mol. The molecule has 0 atom stereocenters. The first-order valence-corrected chi connectivity index (χ1v) is 7.43. The summed E-state index contributed by atoms with van der Waals surface area (Å²) >= 11 is 2.61. The second-order valence-electron chi connectivity index (χ2n) is 4.06. The lowest BCUT2D eigenvalue weighted by Gasteiger charge is -2.08. The van der Waals surface area contributed by atoms with Crippen LogP contribution in [0.1, 0.15) is 11.1 Å². The molecule has 0 fully saturated rings. The van der Waals surface area contributed by atoms with Crippen molar-refractivity contribution in [2.45, 2.75) is 18.2 Å². The van der Waals surface area contributed by atoms with Crippen LogP contribution in [0.15, 0.2) is 22.5 Å². The van der Waals surface area contributed by atoms with Gasteiger partial charge in [-0.1, -0.05) is 35.2 Å². The molecule has 1 heterocycles. The van der Waals surface area contributed by atoms with Crippen molar-refractivity contribution in [1.82, 2.24) is 10.2 Å². The predicted molar refractivity (Wildman–Crippen MR) is 79.6 cm³/mol. The monoisotopic (exact) mass is 294 g/mol. The summed E-state index contributed by atoms with van der Waals surface area (Å²) in [6.45, 7) is 3.96. The number of nitrogen functional groups attached to an aromatic ring is 1. The number of nitrogens with zero attached hydrogens (tertiary/aromatic N) is 2. The number of amides is 1. The van der Waals surface area contributed by atoms with Gasteiger partial charge in [-0.2, -0.15) is 0 Å². The number of anilines is 2. The number of carbonyl (C=O) groups is 1. The molecule has 0 aliphatic carbocycles. The molecule has 0 aliphatic heterocycles. The summed E-state index contributed by atoms with van der Waals surface area (Å²) in [5.74, 6) is 0.231. The smallest absolute Gasteiger partial charge is 0.234 e. The minimum atomic E-state index is -0.0625. The Morgan fingerprint density at radius 3 is 2.89 bits per heavy atom. The van der Waals surface area contributed by atoms with Crippen LogP contribution in [-0.4, -0.2) is 21.9 Å². The van der Waals surface area contributed by atoms with E-state index in [9.17, 15) is 4.79 Å². The fraction of sp³-hybridized carbons (Fsp3) is 0.250. The Bertz CT molecular complexity index is 597. The Kier molecular flexibility index (Phi) is 4.39. The van der Waals surface area contributed by atoms with Crippen molar-refractivity contribution < 1.29 is 4.79 Å². The van der Waals surface area contributed by atoms with Crippen LogP contribution < -0.4 is 11.1 Å². The minimum Gasteiger partial charge on any atom is -0.374 e. The minimum absolute atomic E-state index is 0.0625. The topological polar surface area (TPSA) is 80.9 Å². The molecule has 2 rings (SSSR count). The van der Waals surface area contributed by atoms with Crippen LogP contribution in [0.25, 0.3) is 0 Å². The van der Waals surface area contributed by atoms with E-state index < -0.39 is 0 Å². The summed E-state index contributed by atoms with van der Waals surface area (Å²) in [6, 6.07) is 5.97. The highest BCUT2D eigenvalue weighted by molar-refractivity contribution is 8.01. The molecule has 100 valence electrons.